The highest BCUT2D eigenvalue weighted by atomic mass is 79.9. The fourth-order valence-electron chi connectivity index (χ4n) is 2.23. The summed E-state index contributed by atoms with van der Waals surface area (Å²) in [5.41, 5.74) is 1.43. The Hall–Kier alpha value is -0.890. The monoisotopic (exact) mass is 261 g/mol. The number of aromatic nitrogens is 1. The van der Waals surface area contributed by atoms with Gasteiger partial charge in [0.25, 0.3) is 0 Å². The molecule has 1 nitrogen and oxygen atoms in total. The largest absolute Gasteiger partial charge is 0.264 e. The fraction of sp³-hybridized carbons (Fsp3) is 0.308. The van der Waals surface area contributed by atoms with Gasteiger partial charge in [-0.15, -0.1) is 0 Å². The van der Waals surface area contributed by atoms with E-state index in [-0.39, 0.29) is 0 Å². The summed E-state index contributed by atoms with van der Waals surface area (Å²) in [4.78, 5) is 4.33. The van der Waals surface area contributed by atoms with Crippen LogP contribution in [0, 0.1) is 5.92 Å². The number of hydrogen-bond acceptors (Lipinski definition) is 1. The molecular weight excluding hydrogens is 250 g/mol. The first-order valence-corrected chi connectivity index (χ1v) is 6.41. The molecule has 0 N–H and O–H groups in total. The minimum atomic E-state index is 0.725. The van der Waals surface area contributed by atoms with Crippen molar-refractivity contribution in [3.05, 3.63) is 42.2 Å². The van der Waals surface area contributed by atoms with Crippen LogP contribution in [0.3, 0.4) is 0 Å². The third-order valence-corrected chi connectivity index (χ3v) is 4.05. The highest BCUT2D eigenvalue weighted by molar-refractivity contribution is 9.09. The van der Waals surface area contributed by atoms with Crippen LogP contribution in [0.2, 0.25) is 0 Å². The maximum Gasteiger partial charge on any atom is 0.0346 e. The van der Waals surface area contributed by atoms with Crippen LogP contribution in [0.5, 0.6) is 0 Å². The van der Waals surface area contributed by atoms with Gasteiger partial charge in [-0.05, 0) is 29.2 Å². The minimum absolute atomic E-state index is 0.725. The van der Waals surface area contributed by atoms with Crippen LogP contribution < -0.4 is 0 Å². The van der Waals surface area contributed by atoms with Crippen LogP contribution >= 0.6 is 15.9 Å². The van der Waals surface area contributed by atoms with Gasteiger partial charge in [0.05, 0.1) is 0 Å². The molecule has 76 valence electrons. The lowest BCUT2D eigenvalue weighted by molar-refractivity contribution is 0.937. The normalized spacial score (nSPS) is 24.3. The van der Waals surface area contributed by atoms with Crippen LogP contribution in [0.1, 0.15) is 17.9 Å². The molecule has 0 bridgehead atoms. The van der Waals surface area contributed by atoms with Gasteiger partial charge in [0, 0.05) is 23.1 Å². The van der Waals surface area contributed by atoms with E-state index in [2.05, 4.69) is 45.2 Å². The summed E-state index contributed by atoms with van der Waals surface area (Å²) < 4.78 is 0. The van der Waals surface area contributed by atoms with Crippen LogP contribution in [0.15, 0.2) is 36.7 Å². The summed E-state index contributed by atoms with van der Waals surface area (Å²) in [7, 11) is 0. The lowest BCUT2D eigenvalue weighted by Gasteiger charge is -2.04. The maximum atomic E-state index is 4.33. The van der Waals surface area contributed by atoms with Crippen molar-refractivity contribution in [3.63, 3.8) is 0 Å². The summed E-state index contributed by atoms with van der Waals surface area (Å²) in [6.45, 7) is 0. The molecule has 1 saturated carbocycles. The SMILES string of the molecule is BrCC1CC1c1cncc2ccccc12. The molecule has 3 rings (SSSR count). The molecule has 0 radical (unpaired) electrons. The Morgan fingerprint density at radius 2 is 2.13 bits per heavy atom. The number of fused-ring (bicyclic) bond motifs is 1. The molecule has 0 amide bonds. The van der Waals surface area contributed by atoms with Gasteiger partial charge >= 0.3 is 0 Å². The lowest BCUT2D eigenvalue weighted by atomic mass is 10.0. The zero-order chi connectivity index (χ0) is 10.3. The summed E-state index contributed by atoms with van der Waals surface area (Å²) >= 11 is 3.56. The molecule has 0 saturated heterocycles. The van der Waals surface area contributed by atoms with Gasteiger partial charge in [-0.25, -0.2) is 0 Å². The number of halogens is 1. The van der Waals surface area contributed by atoms with Gasteiger partial charge in [-0.3, -0.25) is 4.98 Å². The van der Waals surface area contributed by atoms with E-state index in [9.17, 15) is 0 Å². The second-order valence-corrected chi connectivity index (χ2v) is 4.85. The van der Waals surface area contributed by atoms with Crippen molar-refractivity contribution >= 4 is 26.7 Å². The quantitative estimate of drug-likeness (QED) is 0.751. The summed E-state index contributed by atoms with van der Waals surface area (Å²) in [6, 6.07) is 8.52. The number of pyridine rings is 1. The number of benzene rings is 1. The Bertz CT molecular complexity index is 489. The molecule has 15 heavy (non-hydrogen) atoms. The van der Waals surface area contributed by atoms with Crippen LogP contribution in [-0.4, -0.2) is 10.3 Å². The molecular formula is C13H12BrN. The molecule has 2 aromatic rings. The topological polar surface area (TPSA) is 12.9 Å². The molecule has 1 aromatic heterocycles. The van der Waals surface area contributed by atoms with E-state index >= 15 is 0 Å². The van der Waals surface area contributed by atoms with E-state index in [4.69, 9.17) is 0 Å². The van der Waals surface area contributed by atoms with Crippen molar-refractivity contribution in [1.82, 2.24) is 4.98 Å². The van der Waals surface area contributed by atoms with Crippen molar-refractivity contribution in [3.8, 4) is 0 Å². The maximum absolute atomic E-state index is 4.33. The Morgan fingerprint density at radius 1 is 1.27 bits per heavy atom. The average molecular weight is 262 g/mol. The van der Waals surface area contributed by atoms with Gasteiger partial charge < -0.3 is 0 Å². The number of rotatable bonds is 2. The van der Waals surface area contributed by atoms with Gasteiger partial charge in [0.1, 0.15) is 0 Å². The predicted octanol–water partition coefficient (Wildman–Crippen LogP) is 3.73. The number of nitrogens with zero attached hydrogens (tertiary/aromatic N) is 1. The van der Waals surface area contributed by atoms with Crippen LogP contribution in [-0.2, 0) is 0 Å². The Kier molecular flexibility index (Phi) is 2.24. The molecule has 2 heteroatoms. The highest BCUT2D eigenvalue weighted by Gasteiger charge is 2.38. The Morgan fingerprint density at radius 3 is 2.93 bits per heavy atom. The van der Waals surface area contributed by atoms with E-state index in [1.165, 1.54) is 22.8 Å². The Labute approximate surface area is 97.7 Å². The zero-order valence-corrected chi connectivity index (χ0v) is 9.94. The van der Waals surface area contributed by atoms with Crippen LogP contribution in [0.25, 0.3) is 10.8 Å². The molecule has 1 aliphatic rings. The zero-order valence-electron chi connectivity index (χ0n) is 8.36. The summed E-state index contributed by atoms with van der Waals surface area (Å²) in [6.07, 6.45) is 5.29. The number of hydrogen-bond donors (Lipinski definition) is 0. The molecule has 1 aromatic carbocycles. The fourth-order valence-corrected chi connectivity index (χ4v) is 2.95. The van der Waals surface area contributed by atoms with E-state index in [0.717, 1.165) is 17.2 Å². The first-order valence-electron chi connectivity index (χ1n) is 5.29. The van der Waals surface area contributed by atoms with Gasteiger partial charge in [0.15, 0.2) is 0 Å². The molecule has 2 unspecified atom stereocenters. The summed E-state index contributed by atoms with van der Waals surface area (Å²) in [5, 5.41) is 3.75. The minimum Gasteiger partial charge on any atom is -0.264 e. The van der Waals surface area contributed by atoms with Crippen molar-refractivity contribution in [2.24, 2.45) is 5.92 Å². The third-order valence-electron chi connectivity index (χ3n) is 3.22. The van der Waals surface area contributed by atoms with Crippen molar-refractivity contribution in [1.29, 1.82) is 0 Å². The Balaban J connectivity index is 2.11. The lowest BCUT2D eigenvalue weighted by Crippen LogP contribution is -1.88. The third kappa shape index (κ3) is 1.57. The first-order chi connectivity index (χ1) is 7.40. The molecule has 1 heterocycles. The van der Waals surface area contributed by atoms with Gasteiger partial charge in [0.2, 0.25) is 0 Å². The van der Waals surface area contributed by atoms with Crippen molar-refractivity contribution in [2.75, 3.05) is 5.33 Å². The van der Waals surface area contributed by atoms with E-state index < -0.39 is 0 Å². The van der Waals surface area contributed by atoms with Crippen LogP contribution in [0.4, 0.5) is 0 Å². The molecule has 0 aliphatic heterocycles. The van der Waals surface area contributed by atoms with Crippen molar-refractivity contribution < 1.29 is 0 Å². The molecule has 0 spiro atoms. The van der Waals surface area contributed by atoms with Gasteiger partial charge in [-0.1, -0.05) is 40.2 Å². The van der Waals surface area contributed by atoms with Crippen molar-refractivity contribution in [2.45, 2.75) is 12.3 Å². The van der Waals surface area contributed by atoms with E-state index in [1.54, 1.807) is 0 Å². The summed E-state index contributed by atoms with van der Waals surface area (Å²) in [5.74, 6) is 1.54. The predicted molar refractivity (Wildman–Crippen MR) is 66.4 cm³/mol. The second-order valence-electron chi connectivity index (χ2n) is 4.21. The standard InChI is InChI=1S/C13H12BrN/c14-6-10-5-12(10)13-8-15-7-9-3-1-2-4-11(9)13/h1-4,7-8,10,12H,5-6H2. The first kappa shape index (κ1) is 9.34. The molecule has 2 atom stereocenters. The second kappa shape index (κ2) is 3.60. The van der Waals surface area contributed by atoms with E-state index in [0.29, 0.717) is 0 Å². The van der Waals surface area contributed by atoms with Gasteiger partial charge in [-0.2, -0.15) is 0 Å². The average Bonchev–Trinajstić information content (AvgIpc) is 3.07. The highest BCUT2D eigenvalue weighted by Crippen LogP contribution is 2.49. The molecule has 1 aliphatic carbocycles. The van der Waals surface area contributed by atoms with E-state index in [1.807, 2.05) is 12.4 Å². The smallest absolute Gasteiger partial charge is 0.0346 e. The number of alkyl halides is 1. The molecule has 1 fully saturated rings.